The number of methoxy groups -OCH3 is 1. The van der Waals surface area contributed by atoms with Gasteiger partial charge >= 0.3 is 12.0 Å². The monoisotopic (exact) mass is 389 g/mol. The second-order valence-electron chi connectivity index (χ2n) is 7.23. The van der Waals surface area contributed by atoms with Crippen molar-refractivity contribution in [2.24, 2.45) is 5.92 Å². The minimum atomic E-state index is -0.720. The van der Waals surface area contributed by atoms with Gasteiger partial charge in [-0.3, -0.25) is 4.79 Å². The van der Waals surface area contributed by atoms with Crippen LogP contribution < -0.4 is 5.32 Å². The van der Waals surface area contributed by atoms with Crippen molar-refractivity contribution in [3.05, 3.63) is 29.8 Å². The standard InChI is InChI=1S/C20H27N3O5/c1-14-5-3-7-16(11-14)21-20(26)22-8-4-6-15(12-22)18(24)23-9-10-28-13-17(23)19(25)27-2/h3,5,7,11,15,17H,4,6,8-10,12-13H2,1-2H3,(H,21,26)/t15-,17+/m1/s1. The Kier molecular flexibility index (Phi) is 6.51. The van der Waals surface area contributed by atoms with Crippen molar-refractivity contribution in [1.82, 2.24) is 9.80 Å². The van der Waals surface area contributed by atoms with Crippen molar-refractivity contribution in [2.45, 2.75) is 25.8 Å². The van der Waals surface area contributed by atoms with Crippen LogP contribution in [0.1, 0.15) is 18.4 Å². The number of carbonyl (C=O) groups is 3. The predicted octanol–water partition coefficient (Wildman–Crippen LogP) is 1.64. The highest BCUT2D eigenvalue weighted by Crippen LogP contribution is 2.22. The van der Waals surface area contributed by atoms with Gasteiger partial charge in [0.15, 0.2) is 6.04 Å². The molecule has 28 heavy (non-hydrogen) atoms. The minimum Gasteiger partial charge on any atom is -0.467 e. The number of hydrogen-bond donors (Lipinski definition) is 1. The number of ether oxygens (including phenoxy) is 2. The Balaban J connectivity index is 1.64. The summed E-state index contributed by atoms with van der Waals surface area (Å²) in [7, 11) is 1.30. The predicted molar refractivity (Wildman–Crippen MR) is 103 cm³/mol. The topological polar surface area (TPSA) is 88.2 Å². The lowest BCUT2D eigenvalue weighted by molar-refractivity contribution is -0.163. The third kappa shape index (κ3) is 4.62. The Morgan fingerprint density at radius 2 is 2.07 bits per heavy atom. The molecule has 0 aromatic heterocycles. The number of piperidine rings is 1. The van der Waals surface area contributed by atoms with Gasteiger partial charge in [0.2, 0.25) is 5.91 Å². The van der Waals surface area contributed by atoms with Crippen LogP contribution in [0.25, 0.3) is 0 Å². The number of amides is 3. The molecule has 8 heteroatoms. The van der Waals surface area contributed by atoms with E-state index in [9.17, 15) is 14.4 Å². The first kappa shape index (κ1) is 20.1. The number of morpholine rings is 1. The summed E-state index contributed by atoms with van der Waals surface area (Å²) in [5, 5.41) is 2.90. The van der Waals surface area contributed by atoms with E-state index in [0.717, 1.165) is 17.7 Å². The number of benzene rings is 1. The Hall–Kier alpha value is -2.61. The van der Waals surface area contributed by atoms with E-state index in [-0.39, 0.29) is 24.5 Å². The van der Waals surface area contributed by atoms with Gasteiger partial charge in [-0.1, -0.05) is 12.1 Å². The Bertz CT molecular complexity index is 738. The average molecular weight is 389 g/mol. The highest BCUT2D eigenvalue weighted by molar-refractivity contribution is 5.91. The molecule has 152 valence electrons. The molecule has 8 nitrogen and oxygen atoms in total. The zero-order chi connectivity index (χ0) is 20.1. The van der Waals surface area contributed by atoms with E-state index < -0.39 is 12.0 Å². The Morgan fingerprint density at radius 3 is 2.82 bits per heavy atom. The summed E-state index contributed by atoms with van der Waals surface area (Å²) in [6, 6.07) is 6.66. The van der Waals surface area contributed by atoms with E-state index in [1.165, 1.54) is 7.11 Å². The molecular weight excluding hydrogens is 362 g/mol. The van der Waals surface area contributed by atoms with Crippen molar-refractivity contribution >= 4 is 23.6 Å². The first-order valence-corrected chi connectivity index (χ1v) is 9.58. The second kappa shape index (κ2) is 9.05. The van der Waals surface area contributed by atoms with Crippen LogP contribution in [0.4, 0.5) is 10.5 Å². The van der Waals surface area contributed by atoms with Gasteiger partial charge in [0.25, 0.3) is 0 Å². The van der Waals surface area contributed by atoms with Gasteiger partial charge in [-0.25, -0.2) is 9.59 Å². The number of esters is 1. The molecule has 1 aromatic carbocycles. The second-order valence-corrected chi connectivity index (χ2v) is 7.23. The van der Waals surface area contributed by atoms with E-state index in [2.05, 4.69) is 5.32 Å². The summed E-state index contributed by atoms with van der Waals surface area (Å²) in [6.45, 7) is 3.79. The maximum atomic E-state index is 13.1. The maximum absolute atomic E-state index is 13.1. The average Bonchev–Trinajstić information content (AvgIpc) is 2.72. The number of anilines is 1. The summed E-state index contributed by atoms with van der Waals surface area (Å²) in [5.74, 6) is -0.924. The fourth-order valence-electron chi connectivity index (χ4n) is 3.72. The SMILES string of the molecule is COC(=O)[C@@H]1COCCN1C(=O)[C@@H]1CCCN(C(=O)Nc2cccc(C)c2)C1. The van der Waals surface area contributed by atoms with Crippen LogP contribution in [0.15, 0.2) is 24.3 Å². The molecule has 2 aliphatic rings. The van der Waals surface area contributed by atoms with Gasteiger partial charge in [0.05, 0.1) is 26.2 Å². The molecule has 3 rings (SSSR count). The van der Waals surface area contributed by atoms with Gasteiger partial charge in [-0.05, 0) is 37.5 Å². The van der Waals surface area contributed by atoms with E-state index in [4.69, 9.17) is 9.47 Å². The summed E-state index contributed by atoms with van der Waals surface area (Å²) in [4.78, 5) is 40.9. The van der Waals surface area contributed by atoms with Crippen LogP contribution >= 0.6 is 0 Å². The fraction of sp³-hybridized carbons (Fsp3) is 0.550. The molecule has 0 aliphatic carbocycles. The number of likely N-dealkylation sites (tertiary alicyclic amines) is 1. The molecular formula is C20H27N3O5. The maximum Gasteiger partial charge on any atom is 0.331 e. The fourth-order valence-corrected chi connectivity index (χ4v) is 3.72. The number of nitrogens with one attached hydrogen (secondary N) is 1. The molecule has 0 bridgehead atoms. The van der Waals surface area contributed by atoms with Crippen molar-refractivity contribution in [2.75, 3.05) is 45.3 Å². The van der Waals surface area contributed by atoms with E-state index in [1.807, 2.05) is 31.2 Å². The summed E-state index contributed by atoms with van der Waals surface area (Å²) in [6.07, 6.45) is 1.43. The molecule has 2 aliphatic heterocycles. The van der Waals surface area contributed by atoms with Gasteiger partial charge in [0, 0.05) is 25.3 Å². The van der Waals surface area contributed by atoms with Crippen LogP contribution in [0, 0.1) is 12.8 Å². The lowest BCUT2D eigenvalue weighted by atomic mass is 9.95. The molecule has 2 heterocycles. The molecule has 0 unspecified atom stereocenters. The highest BCUT2D eigenvalue weighted by atomic mass is 16.5. The van der Waals surface area contributed by atoms with Crippen molar-refractivity contribution in [3.8, 4) is 0 Å². The first-order valence-electron chi connectivity index (χ1n) is 9.58. The number of aryl methyl sites for hydroxylation is 1. The highest BCUT2D eigenvalue weighted by Gasteiger charge is 2.38. The van der Waals surface area contributed by atoms with Crippen molar-refractivity contribution < 1.29 is 23.9 Å². The van der Waals surface area contributed by atoms with Gasteiger partial charge < -0.3 is 24.6 Å². The van der Waals surface area contributed by atoms with Crippen LogP contribution in [-0.4, -0.2) is 73.7 Å². The van der Waals surface area contributed by atoms with E-state index in [1.54, 1.807) is 9.80 Å². The molecule has 2 saturated heterocycles. The normalized spacial score (nSPS) is 22.5. The molecule has 1 N–H and O–H groups in total. The first-order chi connectivity index (χ1) is 13.5. The molecule has 3 amide bonds. The summed E-state index contributed by atoms with van der Waals surface area (Å²) >= 11 is 0. The molecule has 0 radical (unpaired) electrons. The number of nitrogens with zero attached hydrogens (tertiary/aromatic N) is 2. The molecule has 0 saturated carbocycles. The van der Waals surface area contributed by atoms with E-state index in [0.29, 0.717) is 32.7 Å². The zero-order valence-electron chi connectivity index (χ0n) is 16.3. The summed E-state index contributed by atoms with van der Waals surface area (Å²) in [5.41, 5.74) is 1.79. The van der Waals surface area contributed by atoms with Gasteiger partial charge in [0.1, 0.15) is 0 Å². The largest absolute Gasteiger partial charge is 0.467 e. The van der Waals surface area contributed by atoms with Crippen LogP contribution in [0.5, 0.6) is 0 Å². The van der Waals surface area contributed by atoms with E-state index >= 15 is 0 Å². The number of urea groups is 1. The molecule has 0 spiro atoms. The molecule has 2 fully saturated rings. The third-order valence-electron chi connectivity index (χ3n) is 5.21. The quantitative estimate of drug-likeness (QED) is 0.794. The molecule has 2 atom stereocenters. The third-order valence-corrected chi connectivity index (χ3v) is 5.21. The lowest BCUT2D eigenvalue weighted by Crippen LogP contribution is -2.56. The Labute approximate surface area is 164 Å². The number of hydrogen-bond acceptors (Lipinski definition) is 5. The van der Waals surface area contributed by atoms with Gasteiger partial charge in [-0.2, -0.15) is 0 Å². The number of carbonyl (C=O) groups excluding carboxylic acids is 3. The van der Waals surface area contributed by atoms with Gasteiger partial charge in [-0.15, -0.1) is 0 Å². The van der Waals surface area contributed by atoms with Crippen LogP contribution in [0.3, 0.4) is 0 Å². The van der Waals surface area contributed by atoms with Crippen molar-refractivity contribution in [1.29, 1.82) is 0 Å². The van der Waals surface area contributed by atoms with Crippen molar-refractivity contribution in [3.63, 3.8) is 0 Å². The van der Waals surface area contributed by atoms with Crippen LogP contribution in [0.2, 0.25) is 0 Å². The Morgan fingerprint density at radius 1 is 1.25 bits per heavy atom. The summed E-state index contributed by atoms with van der Waals surface area (Å²) < 4.78 is 10.1. The molecule has 1 aromatic rings. The zero-order valence-corrected chi connectivity index (χ0v) is 16.3. The smallest absolute Gasteiger partial charge is 0.331 e. The number of rotatable bonds is 3. The van der Waals surface area contributed by atoms with Crippen LogP contribution in [-0.2, 0) is 19.1 Å². The lowest BCUT2D eigenvalue weighted by Gasteiger charge is -2.39. The minimum absolute atomic E-state index is 0.119.